The first-order valence-corrected chi connectivity index (χ1v) is 11.8. The molecule has 1 aliphatic rings. The molecule has 0 heterocycles. The van der Waals surface area contributed by atoms with Gasteiger partial charge in [-0.05, 0) is 103 Å². The Morgan fingerprint density at radius 2 is 1.47 bits per heavy atom. The summed E-state index contributed by atoms with van der Waals surface area (Å²) >= 11 is 13.0. The number of aryl methyl sites for hydroxylation is 2. The molecule has 0 unspecified atom stereocenters. The van der Waals surface area contributed by atoms with Crippen molar-refractivity contribution in [2.45, 2.75) is 27.7 Å². The average molecular weight is 495 g/mol. The molecule has 0 saturated carbocycles. The van der Waals surface area contributed by atoms with Gasteiger partial charge < -0.3 is 25.8 Å². The minimum Gasteiger partial charge on any atom is -0.398 e. The molecular weight excluding hydrogens is 470 g/mol. The third-order valence-electron chi connectivity index (χ3n) is 4.96. The van der Waals surface area contributed by atoms with Crippen LogP contribution in [-0.2, 0) is 4.57 Å². The van der Waals surface area contributed by atoms with Gasteiger partial charge in [0.25, 0.3) is 0 Å². The summed E-state index contributed by atoms with van der Waals surface area (Å²) in [6, 6.07) is 9.62. The lowest BCUT2D eigenvalue weighted by Gasteiger charge is -2.23. The minimum absolute atomic E-state index is 0.503. The molecule has 0 aliphatic heterocycles. The molecule has 0 atom stereocenters. The number of allylic oxidation sites excluding steroid dienone is 5. The zero-order valence-electron chi connectivity index (χ0n) is 18.1. The maximum Gasteiger partial charge on any atom is 0.466 e. The third-order valence-corrected chi connectivity index (χ3v) is 5.59. The highest BCUT2D eigenvalue weighted by atomic mass is 35.5. The molecule has 0 aromatic heterocycles. The second kappa shape index (κ2) is 10.2. The van der Waals surface area contributed by atoms with Gasteiger partial charge in [-0.3, -0.25) is 0 Å². The predicted molar refractivity (Wildman–Crippen MR) is 133 cm³/mol. The maximum atomic E-state index is 8.88. The van der Waals surface area contributed by atoms with E-state index < -0.39 is 7.82 Å². The molecule has 0 saturated heterocycles. The molecule has 2 aromatic rings. The highest BCUT2D eigenvalue weighted by molar-refractivity contribution is 7.45. The van der Waals surface area contributed by atoms with E-state index in [1.807, 2.05) is 52.0 Å². The number of nitrogens with two attached hydrogens (primary N) is 1. The van der Waals surface area contributed by atoms with E-state index in [0.29, 0.717) is 15.8 Å². The van der Waals surface area contributed by atoms with Gasteiger partial charge in [0, 0.05) is 21.3 Å². The lowest BCUT2D eigenvalue weighted by Crippen LogP contribution is -2.10. The van der Waals surface area contributed by atoms with Crippen LogP contribution in [0.1, 0.15) is 36.1 Å². The molecule has 0 radical (unpaired) electrons. The SMILES string of the molecule is CC1=CC(=Cc2cc(C)c(N)c(C)c2)C(c2c(Cl)cccc2Cl)=C(C)C1=N.O=P(O)(O)O. The van der Waals surface area contributed by atoms with E-state index in [4.69, 9.17) is 53.6 Å². The molecule has 0 bridgehead atoms. The molecule has 6 nitrogen and oxygen atoms in total. The summed E-state index contributed by atoms with van der Waals surface area (Å²) in [6.45, 7) is 7.91. The summed E-state index contributed by atoms with van der Waals surface area (Å²) in [5, 5.41) is 9.59. The Morgan fingerprint density at radius 1 is 1.00 bits per heavy atom. The van der Waals surface area contributed by atoms with Crippen LogP contribution >= 0.6 is 31.0 Å². The molecule has 9 heteroatoms. The lowest BCUT2D eigenvalue weighted by molar-refractivity contribution is 0.275. The van der Waals surface area contributed by atoms with Crippen LogP contribution in [0.5, 0.6) is 0 Å². The van der Waals surface area contributed by atoms with Crippen molar-refractivity contribution in [2.24, 2.45) is 0 Å². The van der Waals surface area contributed by atoms with E-state index in [1.54, 1.807) is 0 Å². The highest BCUT2D eigenvalue weighted by Crippen LogP contribution is 2.41. The Hall–Kier alpha value is -2.18. The quantitative estimate of drug-likeness (QED) is 0.254. The Kier molecular flexibility index (Phi) is 8.29. The van der Waals surface area contributed by atoms with Crippen molar-refractivity contribution in [3.8, 4) is 0 Å². The monoisotopic (exact) mass is 494 g/mol. The second-order valence-electron chi connectivity index (χ2n) is 7.48. The first kappa shape index (κ1) is 26.1. The molecule has 32 heavy (non-hydrogen) atoms. The number of phosphoric acid groups is 1. The van der Waals surface area contributed by atoms with Gasteiger partial charge >= 0.3 is 7.82 Å². The predicted octanol–water partition coefficient (Wildman–Crippen LogP) is 6.10. The smallest absolute Gasteiger partial charge is 0.398 e. The van der Waals surface area contributed by atoms with Gasteiger partial charge in [-0.15, -0.1) is 0 Å². The van der Waals surface area contributed by atoms with E-state index in [0.717, 1.165) is 50.2 Å². The van der Waals surface area contributed by atoms with Gasteiger partial charge in [-0.25, -0.2) is 4.57 Å². The van der Waals surface area contributed by atoms with E-state index in [9.17, 15) is 0 Å². The second-order valence-corrected chi connectivity index (χ2v) is 9.32. The van der Waals surface area contributed by atoms with Gasteiger partial charge in [0.2, 0.25) is 0 Å². The van der Waals surface area contributed by atoms with Crippen molar-refractivity contribution in [2.75, 3.05) is 5.73 Å². The normalized spacial score (nSPS) is 15.5. The Bertz CT molecular complexity index is 1170. The Morgan fingerprint density at radius 3 is 1.94 bits per heavy atom. The maximum absolute atomic E-state index is 8.88. The van der Waals surface area contributed by atoms with Gasteiger partial charge in [0.05, 0.1) is 5.71 Å². The van der Waals surface area contributed by atoms with Gasteiger partial charge in [0.1, 0.15) is 0 Å². The number of hydrogen-bond donors (Lipinski definition) is 5. The molecule has 0 fully saturated rings. The first-order valence-electron chi connectivity index (χ1n) is 9.50. The van der Waals surface area contributed by atoms with Gasteiger partial charge in [-0.2, -0.15) is 0 Å². The van der Waals surface area contributed by atoms with E-state index in [-0.39, 0.29) is 0 Å². The summed E-state index contributed by atoms with van der Waals surface area (Å²) in [5.74, 6) is 0. The van der Waals surface area contributed by atoms with Crippen molar-refractivity contribution in [3.05, 3.63) is 85.4 Å². The lowest BCUT2D eigenvalue weighted by atomic mass is 9.83. The molecule has 3 rings (SSSR count). The molecule has 0 spiro atoms. The molecule has 2 aromatic carbocycles. The van der Waals surface area contributed by atoms with Crippen molar-refractivity contribution >= 4 is 54.1 Å². The Balaban J connectivity index is 0.000000654. The van der Waals surface area contributed by atoms with Crippen LogP contribution in [0.2, 0.25) is 10.0 Å². The van der Waals surface area contributed by atoms with Crippen LogP contribution in [0, 0.1) is 19.3 Å². The standard InChI is InChI=1S/C23H22Cl2N2.H3O4P/c1-12-8-16(9-13(2)22(12)26)11-17-10-14(3)23(27)15(4)20(17)21-18(24)6-5-7-19(21)25;1-5(2,3)4/h5-11,27H,26H2,1-4H3;(H3,1,2,3,4). The van der Waals surface area contributed by atoms with Crippen LogP contribution in [0.15, 0.2) is 53.1 Å². The molecular formula is C23H25Cl2N2O4P. The van der Waals surface area contributed by atoms with Crippen LogP contribution in [0.3, 0.4) is 0 Å². The number of nitrogens with one attached hydrogen (secondary N) is 1. The summed E-state index contributed by atoms with van der Waals surface area (Å²) in [5.41, 5.74) is 15.0. The number of halogens is 2. The van der Waals surface area contributed by atoms with Crippen molar-refractivity contribution in [1.82, 2.24) is 0 Å². The van der Waals surface area contributed by atoms with Crippen molar-refractivity contribution in [3.63, 3.8) is 0 Å². The fraction of sp³-hybridized carbons (Fsp3) is 0.174. The third kappa shape index (κ3) is 6.42. The van der Waals surface area contributed by atoms with Crippen LogP contribution in [0.25, 0.3) is 11.6 Å². The zero-order chi connectivity index (χ0) is 24.4. The number of benzene rings is 2. The summed E-state index contributed by atoms with van der Waals surface area (Å²) < 4.78 is 8.88. The van der Waals surface area contributed by atoms with E-state index in [1.165, 1.54) is 0 Å². The van der Waals surface area contributed by atoms with Crippen molar-refractivity contribution < 1.29 is 19.2 Å². The Labute approximate surface area is 197 Å². The number of anilines is 1. The average Bonchev–Trinajstić information content (AvgIpc) is 2.65. The molecule has 0 amide bonds. The van der Waals surface area contributed by atoms with Gasteiger partial charge in [0.15, 0.2) is 0 Å². The summed E-state index contributed by atoms with van der Waals surface area (Å²) in [7, 11) is -4.64. The first-order chi connectivity index (χ1) is 14.7. The fourth-order valence-corrected chi connectivity index (χ4v) is 4.05. The van der Waals surface area contributed by atoms with Crippen LogP contribution in [0.4, 0.5) is 5.69 Å². The van der Waals surface area contributed by atoms with Crippen LogP contribution < -0.4 is 5.73 Å². The number of rotatable bonds is 2. The van der Waals surface area contributed by atoms with Gasteiger partial charge in [-0.1, -0.05) is 29.3 Å². The van der Waals surface area contributed by atoms with Crippen LogP contribution in [-0.4, -0.2) is 20.4 Å². The number of nitrogen functional groups attached to an aromatic ring is 1. The largest absolute Gasteiger partial charge is 0.466 e. The molecule has 1 aliphatic carbocycles. The topological polar surface area (TPSA) is 128 Å². The summed E-state index contributed by atoms with van der Waals surface area (Å²) in [4.78, 5) is 21.6. The molecule has 170 valence electrons. The zero-order valence-corrected chi connectivity index (χ0v) is 20.5. The fourth-order valence-electron chi connectivity index (χ4n) is 3.47. The minimum atomic E-state index is -4.64. The summed E-state index contributed by atoms with van der Waals surface area (Å²) in [6.07, 6.45) is 4.12. The molecule has 6 N–H and O–H groups in total. The van der Waals surface area contributed by atoms with E-state index >= 15 is 0 Å². The van der Waals surface area contributed by atoms with Crippen molar-refractivity contribution in [1.29, 1.82) is 5.41 Å². The van der Waals surface area contributed by atoms with E-state index in [2.05, 4.69) is 18.2 Å². The highest BCUT2D eigenvalue weighted by Gasteiger charge is 2.23. The number of hydrogen-bond acceptors (Lipinski definition) is 3.